The average molecular weight is 247 g/mol. The van der Waals surface area contributed by atoms with Crippen LogP contribution >= 0.6 is 0 Å². The molecular weight excluding hydrogens is 226 g/mol. The Hall–Kier alpha value is -1.38. The van der Waals surface area contributed by atoms with Crippen molar-refractivity contribution in [2.75, 3.05) is 0 Å². The van der Waals surface area contributed by atoms with Gasteiger partial charge in [-0.05, 0) is 50.2 Å². The Morgan fingerprint density at radius 1 is 1.56 bits per heavy atom. The second kappa shape index (κ2) is 5.51. The molecule has 1 aromatic heterocycles. The fraction of sp³-hybridized carbons (Fsp3) is 0.600. The number of hydrogen-bond acceptors (Lipinski definition) is 2. The van der Waals surface area contributed by atoms with Crippen LogP contribution in [0.25, 0.3) is 0 Å². The van der Waals surface area contributed by atoms with Crippen molar-refractivity contribution in [3.8, 4) is 0 Å². The van der Waals surface area contributed by atoms with Crippen LogP contribution in [-0.2, 0) is 11.2 Å². The van der Waals surface area contributed by atoms with Crippen molar-refractivity contribution in [2.24, 2.45) is 11.3 Å². The summed E-state index contributed by atoms with van der Waals surface area (Å²) < 4.78 is 0. The molecule has 0 amide bonds. The summed E-state index contributed by atoms with van der Waals surface area (Å²) in [6, 6.07) is 5.82. The molecular formula is C15H21NO2. The Kier molecular flexibility index (Phi) is 4.00. The molecule has 3 nitrogen and oxygen atoms in total. The molecule has 0 aliphatic heterocycles. The van der Waals surface area contributed by atoms with E-state index in [1.54, 1.807) is 6.20 Å². The molecule has 2 rings (SSSR count). The van der Waals surface area contributed by atoms with Gasteiger partial charge in [0.2, 0.25) is 0 Å². The van der Waals surface area contributed by atoms with Gasteiger partial charge in [0.1, 0.15) is 0 Å². The maximum atomic E-state index is 11.6. The van der Waals surface area contributed by atoms with E-state index in [0.717, 1.165) is 44.2 Å². The van der Waals surface area contributed by atoms with Crippen molar-refractivity contribution < 1.29 is 9.90 Å². The molecule has 1 aliphatic carbocycles. The van der Waals surface area contributed by atoms with Gasteiger partial charge in [0.05, 0.1) is 5.41 Å². The Labute approximate surface area is 108 Å². The molecule has 0 saturated heterocycles. The lowest BCUT2D eigenvalue weighted by Gasteiger charge is -2.24. The summed E-state index contributed by atoms with van der Waals surface area (Å²) in [6.45, 7) is 2.15. The summed E-state index contributed by atoms with van der Waals surface area (Å²) in [5, 5.41) is 9.53. The summed E-state index contributed by atoms with van der Waals surface area (Å²) in [6.07, 6.45) is 7.08. The molecule has 1 N–H and O–H groups in total. The molecule has 1 heterocycles. The molecule has 2 unspecified atom stereocenters. The first-order valence-corrected chi connectivity index (χ1v) is 6.79. The molecule has 0 bridgehead atoms. The van der Waals surface area contributed by atoms with E-state index in [0.29, 0.717) is 5.92 Å². The summed E-state index contributed by atoms with van der Waals surface area (Å²) in [5.74, 6) is -0.0285. The summed E-state index contributed by atoms with van der Waals surface area (Å²) in [5.41, 5.74) is 0.496. The topological polar surface area (TPSA) is 50.2 Å². The molecule has 1 aromatic rings. The third kappa shape index (κ3) is 2.71. The average Bonchev–Trinajstić information content (AvgIpc) is 2.83. The van der Waals surface area contributed by atoms with Gasteiger partial charge in [0.25, 0.3) is 0 Å². The van der Waals surface area contributed by atoms with Gasteiger partial charge >= 0.3 is 5.97 Å². The second-order valence-electron chi connectivity index (χ2n) is 5.42. The number of aliphatic carboxylic acids is 1. The highest BCUT2D eigenvalue weighted by Crippen LogP contribution is 2.46. The second-order valence-corrected chi connectivity index (χ2v) is 5.42. The SMILES string of the molecule is CCC1CCC(CCc2ccccn2)(C(=O)O)C1. The molecule has 3 heteroatoms. The van der Waals surface area contributed by atoms with Gasteiger partial charge in [-0.2, -0.15) is 0 Å². The van der Waals surface area contributed by atoms with Crippen molar-refractivity contribution in [3.63, 3.8) is 0 Å². The maximum absolute atomic E-state index is 11.6. The maximum Gasteiger partial charge on any atom is 0.309 e. The van der Waals surface area contributed by atoms with Gasteiger partial charge in [-0.25, -0.2) is 0 Å². The van der Waals surface area contributed by atoms with E-state index in [9.17, 15) is 9.90 Å². The van der Waals surface area contributed by atoms with E-state index in [4.69, 9.17) is 0 Å². The Bertz CT molecular complexity index is 404. The molecule has 1 fully saturated rings. The molecule has 1 aliphatic rings. The van der Waals surface area contributed by atoms with Crippen LogP contribution in [0.1, 0.15) is 44.7 Å². The number of nitrogens with zero attached hydrogens (tertiary/aromatic N) is 1. The van der Waals surface area contributed by atoms with Crippen LogP contribution in [0.3, 0.4) is 0 Å². The molecule has 98 valence electrons. The highest BCUT2D eigenvalue weighted by molar-refractivity contribution is 5.75. The third-order valence-corrected chi connectivity index (χ3v) is 4.33. The number of carboxylic acids is 1. The standard InChI is InChI=1S/C15H21NO2/c1-2-12-6-8-15(11-12,14(17)18)9-7-13-5-3-4-10-16-13/h3-5,10,12H,2,6-9,11H2,1H3,(H,17,18). The predicted octanol–water partition coefficient (Wildman–Crippen LogP) is 3.30. The lowest BCUT2D eigenvalue weighted by molar-refractivity contribution is -0.149. The molecule has 0 spiro atoms. The van der Waals surface area contributed by atoms with E-state index in [2.05, 4.69) is 11.9 Å². The van der Waals surface area contributed by atoms with Crippen molar-refractivity contribution in [3.05, 3.63) is 30.1 Å². The summed E-state index contributed by atoms with van der Waals surface area (Å²) in [4.78, 5) is 15.9. The van der Waals surface area contributed by atoms with Crippen LogP contribution in [0.5, 0.6) is 0 Å². The number of carbonyl (C=O) groups is 1. The van der Waals surface area contributed by atoms with Gasteiger partial charge in [0.15, 0.2) is 0 Å². The largest absolute Gasteiger partial charge is 0.481 e. The van der Waals surface area contributed by atoms with Crippen LogP contribution in [0.4, 0.5) is 0 Å². The van der Waals surface area contributed by atoms with Crippen molar-refractivity contribution in [1.29, 1.82) is 0 Å². The predicted molar refractivity (Wildman–Crippen MR) is 70.3 cm³/mol. The minimum atomic E-state index is -0.616. The first kappa shape index (κ1) is 13.1. The molecule has 18 heavy (non-hydrogen) atoms. The van der Waals surface area contributed by atoms with Gasteiger partial charge in [-0.1, -0.05) is 19.4 Å². The minimum absolute atomic E-state index is 0.502. The van der Waals surface area contributed by atoms with E-state index >= 15 is 0 Å². The van der Waals surface area contributed by atoms with Crippen LogP contribution in [-0.4, -0.2) is 16.1 Å². The van der Waals surface area contributed by atoms with Crippen molar-refractivity contribution >= 4 is 5.97 Å². The highest BCUT2D eigenvalue weighted by atomic mass is 16.4. The van der Waals surface area contributed by atoms with Gasteiger partial charge in [-0.15, -0.1) is 0 Å². The van der Waals surface area contributed by atoms with E-state index in [-0.39, 0.29) is 0 Å². The lowest BCUT2D eigenvalue weighted by Crippen LogP contribution is -2.29. The number of pyridine rings is 1. The molecule has 0 radical (unpaired) electrons. The van der Waals surface area contributed by atoms with E-state index in [1.165, 1.54) is 0 Å². The zero-order valence-corrected chi connectivity index (χ0v) is 10.9. The van der Waals surface area contributed by atoms with Gasteiger partial charge in [0, 0.05) is 11.9 Å². The Balaban J connectivity index is 2.02. The lowest BCUT2D eigenvalue weighted by atomic mass is 9.80. The van der Waals surface area contributed by atoms with Gasteiger partial charge in [-0.3, -0.25) is 9.78 Å². The molecule has 1 saturated carbocycles. The van der Waals surface area contributed by atoms with Crippen LogP contribution in [0, 0.1) is 11.3 Å². The first-order valence-electron chi connectivity index (χ1n) is 6.79. The number of aromatic nitrogens is 1. The minimum Gasteiger partial charge on any atom is -0.481 e. The van der Waals surface area contributed by atoms with Gasteiger partial charge < -0.3 is 5.11 Å². The van der Waals surface area contributed by atoms with Crippen LogP contribution in [0.2, 0.25) is 0 Å². The zero-order chi connectivity index (χ0) is 13.0. The summed E-state index contributed by atoms with van der Waals surface area (Å²) in [7, 11) is 0. The number of hydrogen-bond donors (Lipinski definition) is 1. The summed E-state index contributed by atoms with van der Waals surface area (Å²) >= 11 is 0. The van der Waals surface area contributed by atoms with Crippen LogP contribution < -0.4 is 0 Å². The Morgan fingerprint density at radius 2 is 2.39 bits per heavy atom. The highest BCUT2D eigenvalue weighted by Gasteiger charge is 2.44. The quantitative estimate of drug-likeness (QED) is 0.868. The normalized spacial score (nSPS) is 27.3. The first-order chi connectivity index (χ1) is 8.66. The number of rotatable bonds is 5. The van der Waals surface area contributed by atoms with Crippen molar-refractivity contribution in [2.45, 2.75) is 45.4 Å². The molecule has 2 atom stereocenters. The zero-order valence-electron chi connectivity index (χ0n) is 10.9. The fourth-order valence-electron chi connectivity index (χ4n) is 3.03. The molecule has 0 aromatic carbocycles. The number of aryl methyl sites for hydroxylation is 1. The number of carboxylic acid groups (broad SMARTS) is 1. The fourth-order valence-corrected chi connectivity index (χ4v) is 3.03. The monoisotopic (exact) mass is 247 g/mol. The Morgan fingerprint density at radius 3 is 2.94 bits per heavy atom. The van der Waals surface area contributed by atoms with E-state index < -0.39 is 11.4 Å². The smallest absolute Gasteiger partial charge is 0.309 e. The van der Waals surface area contributed by atoms with Crippen molar-refractivity contribution in [1.82, 2.24) is 4.98 Å². The third-order valence-electron chi connectivity index (χ3n) is 4.33. The van der Waals surface area contributed by atoms with E-state index in [1.807, 2.05) is 18.2 Å². The van der Waals surface area contributed by atoms with Crippen LogP contribution in [0.15, 0.2) is 24.4 Å².